The molecule has 0 radical (unpaired) electrons. The molecule has 1 aromatic carbocycles. The van der Waals surface area contributed by atoms with Gasteiger partial charge in [0, 0.05) is 37.5 Å². The Balaban J connectivity index is 1.30. The molecule has 1 saturated carbocycles. The Morgan fingerprint density at radius 3 is 2.43 bits per heavy atom. The van der Waals surface area contributed by atoms with E-state index in [1.165, 1.54) is 16.6 Å². The topological polar surface area (TPSA) is 168 Å². The number of alkyl halides is 3. The van der Waals surface area contributed by atoms with Crippen LogP contribution in [0.1, 0.15) is 84.7 Å². The van der Waals surface area contributed by atoms with Crippen LogP contribution in [0.2, 0.25) is 0 Å². The van der Waals surface area contributed by atoms with Gasteiger partial charge in [-0.05, 0) is 93.0 Å². The zero-order valence-corrected chi connectivity index (χ0v) is 31.4. The highest BCUT2D eigenvalue weighted by Gasteiger charge is 2.47. The molecule has 5 heterocycles. The minimum atomic E-state index is -4.75. The second kappa shape index (κ2) is 13.5. The van der Waals surface area contributed by atoms with Crippen LogP contribution in [0.4, 0.5) is 19.0 Å². The van der Waals surface area contributed by atoms with E-state index in [9.17, 15) is 36.6 Å². The SMILES string of the molecule is Cc1ccc([C@H](c2ccn3c(C(F)(F)F)nnc3c2C)C(C)(C)C(=O)O)cc1CN1CC2(CCOCC2)Oc2nc(NC3CC(O)C3)c(C)cc2S1(=O)=O. The van der Waals surface area contributed by atoms with E-state index in [-0.39, 0.29) is 41.7 Å². The number of carboxylic acids is 1. The van der Waals surface area contributed by atoms with E-state index in [0.717, 1.165) is 9.96 Å². The van der Waals surface area contributed by atoms with Crippen LogP contribution in [0.25, 0.3) is 5.65 Å². The lowest BCUT2D eigenvalue weighted by molar-refractivity contribution is -0.147. The number of benzene rings is 1. The number of aliphatic carboxylic acids is 1. The summed E-state index contributed by atoms with van der Waals surface area (Å²) in [4.78, 5) is 17.4. The molecule has 17 heteroatoms. The molecule has 1 atom stereocenters. The van der Waals surface area contributed by atoms with Gasteiger partial charge in [0.15, 0.2) is 5.65 Å². The number of sulfonamides is 1. The van der Waals surface area contributed by atoms with Crippen molar-refractivity contribution in [1.82, 2.24) is 23.9 Å². The lowest BCUT2D eigenvalue weighted by Crippen LogP contribution is -2.50. The minimum Gasteiger partial charge on any atom is -0.481 e. The molecule has 13 nitrogen and oxygen atoms in total. The van der Waals surface area contributed by atoms with Crippen molar-refractivity contribution in [1.29, 1.82) is 0 Å². The van der Waals surface area contributed by atoms with E-state index in [0.29, 0.717) is 72.5 Å². The Morgan fingerprint density at radius 1 is 1.07 bits per heavy atom. The van der Waals surface area contributed by atoms with Crippen LogP contribution in [0.5, 0.6) is 5.88 Å². The van der Waals surface area contributed by atoms with Crippen LogP contribution in [0.15, 0.2) is 41.4 Å². The van der Waals surface area contributed by atoms with Crippen LogP contribution in [-0.4, -0.2) is 86.0 Å². The van der Waals surface area contributed by atoms with Crippen LogP contribution < -0.4 is 10.1 Å². The number of aryl methyl sites for hydroxylation is 3. The Hall–Kier alpha value is -4.32. The number of carbonyl (C=O) groups is 1. The summed E-state index contributed by atoms with van der Waals surface area (Å²) in [6.07, 6.45) is -2.00. The molecule has 1 spiro atoms. The van der Waals surface area contributed by atoms with Gasteiger partial charge in [-0.25, -0.2) is 8.42 Å². The third-order valence-corrected chi connectivity index (χ3v) is 12.9. The normalized spacial score (nSPS) is 21.9. The summed E-state index contributed by atoms with van der Waals surface area (Å²) >= 11 is 0. The molecular formula is C37H43F3N6O7S. The number of nitrogens with zero attached hydrogens (tertiary/aromatic N) is 5. The highest BCUT2D eigenvalue weighted by molar-refractivity contribution is 7.89. The first-order valence-corrected chi connectivity index (χ1v) is 19.2. The molecule has 2 aliphatic heterocycles. The first kappa shape index (κ1) is 38.0. The number of aliphatic hydroxyl groups is 1. The van der Waals surface area contributed by atoms with Crippen LogP contribution in [0.3, 0.4) is 0 Å². The van der Waals surface area contributed by atoms with Gasteiger partial charge in [0.25, 0.3) is 0 Å². The highest BCUT2D eigenvalue weighted by Crippen LogP contribution is 2.45. The first-order valence-electron chi connectivity index (χ1n) is 17.8. The van der Waals surface area contributed by atoms with Crippen LogP contribution in [-0.2, 0) is 32.3 Å². The number of rotatable bonds is 8. The lowest BCUT2D eigenvalue weighted by Gasteiger charge is -2.38. The number of fused-ring (bicyclic) bond motifs is 2. The number of hydrogen-bond donors (Lipinski definition) is 3. The number of halogens is 3. The van der Waals surface area contributed by atoms with Gasteiger partial charge in [0.05, 0.1) is 31.3 Å². The Morgan fingerprint density at radius 2 is 1.78 bits per heavy atom. The largest absolute Gasteiger partial charge is 0.481 e. The number of aliphatic hydroxyl groups excluding tert-OH is 1. The van der Waals surface area contributed by atoms with Crippen LogP contribution in [0, 0.1) is 26.2 Å². The van der Waals surface area contributed by atoms with Gasteiger partial charge in [0.2, 0.25) is 21.7 Å². The number of carboxylic acid groups (broad SMARTS) is 1. The van der Waals surface area contributed by atoms with Crippen LogP contribution >= 0.6 is 0 Å². The van der Waals surface area contributed by atoms with Gasteiger partial charge in [-0.3, -0.25) is 9.20 Å². The van der Waals surface area contributed by atoms with Crippen molar-refractivity contribution in [3.63, 3.8) is 0 Å². The zero-order valence-electron chi connectivity index (χ0n) is 30.6. The number of anilines is 1. The summed E-state index contributed by atoms with van der Waals surface area (Å²) in [7, 11) is -4.21. The molecule has 4 aromatic rings. The van der Waals surface area contributed by atoms with Gasteiger partial charge in [-0.1, -0.05) is 18.2 Å². The van der Waals surface area contributed by atoms with Crippen molar-refractivity contribution in [2.24, 2.45) is 5.41 Å². The standard InChI is InChI=1S/C37H43F3N6O7S/c1-20-6-7-23(29(35(4,5)34(48)49)27-8-11-46-31(22(27)3)43-44-33(46)37(38,39)40)15-24(20)18-45-19-36(9-12-52-13-10-36)53-32-28(54(45,50)51)14-21(2)30(42-32)41-25-16-26(47)17-25/h6-8,11,14-15,25-26,29,47H,9-10,12-13,16-19H2,1-5H3,(H,41,42)(H,48,49)/t25?,26?,29-/m1/s1. The smallest absolute Gasteiger partial charge is 0.452 e. The molecule has 1 saturated heterocycles. The summed E-state index contributed by atoms with van der Waals surface area (Å²) in [5, 5.41) is 30.8. The summed E-state index contributed by atoms with van der Waals surface area (Å²) in [6.45, 7) is 8.92. The molecule has 3 aromatic heterocycles. The second-order valence-corrected chi connectivity index (χ2v) is 17.3. The molecule has 54 heavy (non-hydrogen) atoms. The quantitative estimate of drug-likeness (QED) is 0.210. The third-order valence-electron chi connectivity index (χ3n) is 11.2. The lowest BCUT2D eigenvalue weighted by atomic mass is 9.70. The predicted molar refractivity (Wildman–Crippen MR) is 190 cm³/mol. The second-order valence-electron chi connectivity index (χ2n) is 15.4. The predicted octanol–water partition coefficient (Wildman–Crippen LogP) is 5.38. The molecule has 2 fully saturated rings. The van der Waals surface area contributed by atoms with Crippen molar-refractivity contribution in [3.8, 4) is 5.88 Å². The fourth-order valence-corrected chi connectivity index (χ4v) is 9.37. The third kappa shape index (κ3) is 6.68. The fraction of sp³-hybridized carbons (Fsp3) is 0.514. The first-order chi connectivity index (χ1) is 25.3. The average molecular weight is 773 g/mol. The maximum absolute atomic E-state index is 14.6. The summed E-state index contributed by atoms with van der Waals surface area (Å²) in [5.74, 6) is -2.73. The number of ether oxygens (including phenoxy) is 2. The fourth-order valence-electron chi connectivity index (χ4n) is 7.74. The van der Waals surface area contributed by atoms with E-state index >= 15 is 0 Å². The Kier molecular flexibility index (Phi) is 9.46. The Labute approximate surface area is 310 Å². The molecule has 3 aliphatic rings. The number of nitrogens with one attached hydrogen (secondary N) is 1. The highest BCUT2D eigenvalue weighted by atomic mass is 32.2. The molecule has 1 aliphatic carbocycles. The van der Waals surface area contributed by atoms with Crippen molar-refractivity contribution >= 4 is 27.5 Å². The van der Waals surface area contributed by atoms with Crippen molar-refractivity contribution < 1.29 is 46.1 Å². The molecular weight excluding hydrogens is 730 g/mol. The van der Waals surface area contributed by atoms with Gasteiger partial charge in [-0.15, -0.1) is 10.2 Å². The van der Waals surface area contributed by atoms with E-state index in [1.807, 2.05) is 6.92 Å². The number of aromatic nitrogens is 4. The Bertz CT molecular complexity index is 2230. The summed E-state index contributed by atoms with van der Waals surface area (Å²) in [6, 6.07) is 8.36. The van der Waals surface area contributed by atoms with Gasteiger partial charge in [0.1, 0.15) is 16.3 Å². The van der Waals surface area contributed by atoms with E-state index in [2.05, 4.69) is 15.5 Å². The number of pyridine rings is 2. The van der Waals surface area contributed by atoms with Gasteiger partial charge in [-0.2, -0.15) is 22.5 Å². The monoisotopic (exact) mass is 772 g/mol. The summed E-state index contributed by atoms with van der Waals surface area (Å²) in [5.41, 5.74) is 0.807. The molecule has 0 amide bonds. The maximum atomic E-state index is 14.6. The van der Waals surface area contributed by atoms with E-state index < -0.39 is 44.9 Å². The maximum Gasteiger partial charge on any atom is 0.452 e. The zero-order chi connectivity index (χ0) is 39.0. The summed E-state index contributed by atoms with van der Waals surface area (Å²) < 4.78 is 84.8. The van der Waals surface area contributed by atoms with Crippen molar-refractivity contribution in [3.05, 3.63) is 75.7 Å². The average Bonchev–Trinajstić information content (AvgIpc) is 3.51. The van der Waals surface area contributed by atoms with Gasteiger partial charge < -0.3 is 25.0 Å². The molecule has 290 valence electrons. The van der Waals surface area contributed by atoms with Crippen molar-refractivity contribution in [2.75, 3.05) is 25.1 Å². The van der Waals surface area contributed by atoms with Crippen molar-refractivity contribution in [2.45, 2.75) is 102 Å². The van der Waals surface area contributed by atoms with E-state index in [4.69, 9.17) is 14.5 Å². The van der Waals surface area contributed by atoms with Gasteiger partial charge >= 0.3 is 12.1 Å². The van der Waals surface area contributed by atoms with E-state index in [1.54, 1.807) is 52.0 Å². The molecule has 7 rings (SSSR count). The number of hydrogen-bond acceptors (Lipinski definition) is 10. The molecule has 3 N–H and O–H groups in total. The molecule has 0 unspecified atom stereocenters. The minimum absolute atomic E-state index is 0.00356. The molecule has 0 bridgehead atoms.